The largest absolute Gasteiger partial charge is 0.383 e. The molecule has 2 atom stereocenters. The van der Waals surface area contributed by atoms with Gasteiger partial charge in [-0.1, -0.05) is 0 Å². The van der Waals surface area contributed by atoms with Crippen LogP contribution < -0.4 is 0 Å². The molecule has 2 aliphatic heterocycles. The van der Waals surface area contributed by atoms with E-state index in [1.54, 1.807) is 19.4 Å². The van der Waals surface area contributed by atoms with E-state index in [0.717, 1.165) is 6.42 Å². The van der Waals surface area contributed by atoms with Crippen molar-refractivity contribution in [1.82, 2.24) is 14.8 Å². The third kappa shape index (κ3) is 2.10. The van der Waals surface area contributed by atoms with E-state index in [1.807, 2.05) is 15.9 Å². The number of nitrogens with one attached hydrogen (secondary N) is 1. The number of methoxy groups -OCH3 is 1. The molecule has 2 fully saturated rings. The molecule has 3 heterocycles. The zero-order valence-corrected chi connectivity index (χ0v) is 11.5. The number of fused-ring (bicyclic) bond motifs is 1. The average Bonchev–Trinajstić information content (AvgIpc) is 3.12. The van der Waals surface area contributed by atoms with Crippen molar-refractivity contribution in [3.63, 3.8) is 0 Å². The number of carbonyl (C=O) groups is 2. The number of carbonyl (C=O) groups excluding carboxylic acids is 2. The van der Waals surface area contributed by atoms with Crippen LogP contribution in [0.4, 0.5) is 0 Å². The number of hydrogen-bond acceptors (Lipinski definition) is 3. The van der Waals surface area contributed by atoms with Gasteiger partial charge in [-0.2, -0.15) is 0 Å². The molecule has 3 rings (SSSR count). The summed E-state index contributed by atoms with van der Waals surface area (Å²) in [4.78, 5) is 31.1. The van der Waals surface area contributed by atoms with Gasteiger partial charge in [0.15, 0.2) is 0 Å². The SMILES string of the molecule is COCCN1C(=O)C[C@@H]2[C@H]1CCN2C(=O)c1ccc[nH]1. The second-order valence-corrected chi connectivity index (χ2v) is 5.29. The van der Waals surface area contributed by atoms with E-state index < -0.39 is 0 Å². The number of nitrogens with zero attached hydrogens (tertiary/aromatic N) is 2. The Balaban J connectivity index is 1.73. The van der Waals surface area contributed by atoms with Crippen molar-refractivity contribution < 1.29 is 14.3 Å². The van der Waals surface area contributed by atoms with Crippen molar-refractivity contribution >= 4 is 11.8 Å². The van der Waals surface area contributed by atoms with E-state index in [9.17, 15) is 9.59 Å². The molecule has 0 saturated carbocycles. The minimum atomic E-state index is -0.0103. The van der Waals surface area contributed by atoms with Crippen LogP contribution in [0, 0.1) is 0 Å². The third-order valence-electron chi connectivity index (χ3n) is 4.24. The highest BCUT2D eigenvalue weighted by atomic mass is 16.5. The minimum absolute atomic E-state index is 0.00940. The molecule has 6 nitrogen and oxygen atoms in total. The Hall–Kier alpha value is -1.82. The maximum Gasteiger partial charge on any atom is 0.270 e. The lowest BCUT2D eigenvalue weighted by molar-refractivity contribution is -0.129. The normalized spacial score (nSPS) is 25.4. The molecule has 0 radical (unpaired) electrons. The van der Waals surface area contributed by atoms with Crippen molar-refractivity contribution in [3.8, 4) is 0 Å². The fourth-order valence-corrected chi connectivity index (χ4v) is 3.28. The van der Waals surface area contributed by atoms with E-state index >= 15 is 0 Å². The highest BCUT2D eigenvalue weighted by Crippen LogP contribution is 2.33. The van der Waals surface area contributed by atoms with Crippen molar-refractivity contribution in [2.45, 2.75) is 24.9 Å². The van der Waals surface area contributed by atoms with Gasteiger partial charge in [0.25, 0.3) is 5.91 Å². The van der Waals surface area contributed by atoms with Gasteiger partial charge < -0.3 is 19.5 Å². The van der Waals surface area contributed by atoms with Crippen LogP contribution in [0.1, 0.15) is 23.3 Å². The average molecular weight is 277 g/mol. The first-order chi connectivity index (χ1) is 9.72. The summed E-state index contributed by atoms with van der Waals surface area (Å²) in [5.41, 5.74) is 0.591. The van der Waals surface area contributed by atoms with Crippen LogP contribution in [0.3, 0.4) is 0 Å². The lowest BCUT2D eigenvalue weighted by atomic mass is 10.1. The van der Waals surface area contributed by atoms with Crippen LogP contribution in [-0.2, 0) is 9.53 Å². The summed E-state index contributed by atoms with van der Waals surface area (Å²) in [6.45, 7) is 1.87. The summed E-state index contributed by atoms with van der Waals surface area (Å²) in [5, 5.41) is 0. The monoisotopic (exact) mass is 277 g/mol. The van der Waals surface area contributed by atoms with Gasteiger partial charge in [0, 0.05) is 32.8 Å². The second kappa shape index (κ2) is 5.28. The molecular weight excluding hydrogens is 258 g/mol. The molecule has 1 N–H and O–H groups in total. The Morgan fingerprint density at radius 1 is 1.50 bits per heavy atom. The zero-order valence-electron chi connectivity index (χ0n) is 11.5. The lowest BCUT2D eigenvalue weighted by Gasteiger charge is -2.25. The Kier molecular flexibility index (Phi) is 3.48. The summed E-state index contributed by atoms with van der Waals surface area (Å²) in [5.74, 6) is 0.116. The molecule has 2 saturated heterocycles. The predicted octanol–water partition coefficient (Wildman–Crippen LogP) is 0.476. The first-order valence-corrected chi connectivity index (χ1v) is 6.95. The molecule has 0 spiro atoms. The molecule has 0 unspecified atom stereocenters. The topological polar surface area (TPSA) is 65.6 Å². The van der Waals surface area contributed by atoms with Gasteiger partial charge in [-0.3, -0.25) is 9.59 Å². The van der Waals surface area contributed by atoms with E-state index in [4.69, 9.17) is 4.74 Å². The molecular formula is C14H19N3O3. The fourth-order valence-electron chi connectivity index (χ4n) is 3.28. The number of H-pyrrole nitrogens is 1. The summed E-state index contributed by atoms with van der Waals surface area (Å²) < 4.78 is 5.05. The predicted molar refractivity (Wildman–Crippen MR) is 72.2 cm³/mol. The zero-order chi connectivity index (χ0) is 14.1. The van der Waals surface area contributed by atoms with Gasteiger partial charge >= 0.3 is 0 Å². The molecule has 20 heavy (non-hydrogen) atoms. The number of likely N-dealkylation sites (tertiary alicyclic amines) is 2. The quantitative estimate of drug-likeness (QED) is 0.870. The molecule has 108 valence electrons. The van der Waals surface area contributed by atoms with Gasteiger partial charge in [0.2, 0.25) is 5.91 Å². The summed E-state index contributed by atoms with van der Waals surface area (Å²) in [6.07, 6.45) is 3.03. The Morgan fingerprint density at radius 3 is 3.05 bits per heavy atom. The number of aromatic amines is 1. The van der Waals surface area contributed by atoms with Crippen molar-refractivity contribution in [2.75, 3.05) is 26.8 Å². The molecule has 6 heteroatoms. The summed E-state index contributed by atoms with van der Waals surface area (Å²) >= 11 is 0. The number of amides is 2. The van der Waals surface area contributed by atoms with E-state index in [1.165, 1.54) is 0 Å². The Labute approximate surface area is 117 Å². The second-order valence-electron chi connectivity index (χ2n) is 5.29. The van der Waals surface area contributed by atoms with Crippen LogP contribution >= 0.6 is 0 Å². The molecule has 2 aliphatic rings. The molecule has 0 aromatic carbocycles. The number of aromatic nitrogens is 1. The highest BCUT2D eigenvalue weighted by Gasteiger charge is 2.48. The van der Waals surface area contributed by atoms with Crippen molar-refractivity contribution in [2.24, 2.45) is 0 Å². The van der Waals surface area contributed by atoms with Gasteiger partial charge in [-0.05, 0) is 18.6 Å². The van der Waals surface area contributed by atoms with E-state index in [0.29, 0.717) is 31.8 Å². The van der Waals surface area contributed by atoms with Crippen molar-refractivity contribution in [3.05, 3.63) is 24.0 Å². The molecule has 1 aromatic heterocycles. The van der Waals surface area contributed by atoms with Crippen LogP contribution in [0.5, 0.6) is 0 Å². The lowest BCUT2D eigenvalue weighted by Crippen LogP contribution is -2.40. The highest BCUT2D eigenvalue weighted by molar-refractivity contribution is 5.94. The van der Waals surface area contributed by atoms with Crippen LogP contribution in [-0.4, -0.2) is 65.5 Å². The van der Waals surface area contributed by atoms with Gasteiger partial charge in [-0.25, -0.2) is 0 Å². The maximum atomic E-state index is 12.4. The Bertz CT molecular complexity index is 500. The van der Waals surface area contributed by atoms with E-state index in [2.05, 4.69) is 4.98 Å². The standard InChI is InChI=1S/C14H19N3O3/c1-20-8-7-16-11-4-6-17(12(11)9-13(16)18)14(19)10-3-2-5-15-10/h2-3,5,11-12,15H,4,6-9H2,1H3/t11-,12-/m1/s1. The van der Waals surface area contributed by atoms with Gasteiger partial charge in [-0.15, -0.1) is 0 Å². The maximum absolute atomic E-state index is 12.4. The van der Waals surface area contributed by atoms with Gasteiger partial charge in [0.1, 0.15) is 5.69 Å². The minimum Gasteiger partial charge on any atom is -0.383 e. The first kappa shape index (κ1) is 13.2. The third-order valence-corrected chi connectivity index (χ3v) is 4.24. The fraction of sp³-hybridized carbons (Fsp3) is 0.571. The van der Waals surface area contributed by atoms with Gasteiger partial charge in [0.05, 0.1) is 18.7 Å². The number of hydrogen-bond donors (Lipinski definition) is 1. The van der Waals surface area contributed by atoms with E-state index in [-0.39, 0.29) is 23.9 Å². The summed E-state index contributed by atoms with van der Waals surface area (Å²) in [7, 11) is 1.63. The van der Waals surface area contributed by atoms with Crippen LogP contribution in [0.15, 0.2) is 18.3 Å². The molecule has 2 amide bonds. The molecule has 0 bridgehead atoms. The first-order valence-electron chi connectivity index (χ1n) is 6.95. The van der Waals surface area contributed by atoms with Crippen LogP contribution in [0.25, 0.3) is 0 Å². The molecule has 0 aliphatic carbocycles. The van der Waals surface area contributed by atoms with Crippen molar-refractivity contribution in [1.29, 1.82) is 0 Å². The molecule has 1 aromatic rings. The smallest absolute Gasteiger partial charge is 0.270 e. The number of rotatable bonds is 4. The summed E-state index contributed by atoms with van der Waals surface area (Å²) in [6, 6.07) is 3.74. The van der Waals surface area contributed by atoms with Crippen LogP contribution in [0.2, 0.25) is 0 Å². The Morgan fingerprint density at radius 2 is 2.35 bits per heavy atom. The number of ether oxygens (including phenoxy) is 1.